The Hall–Kier alpha value is -1.04. The van der Waals surface area contributed by atoms with Crippen LogP contribution in [0, 0.1) is 0 Å². The van der Waals surface area contributed by atoms with Gasteiger partial charge in [-0.2, -0.15) is 0 Å². The van der Waals surface area contributed by atoms with Crippen LogP contribution in [0.25, 0.3) is 0 Å². The van der Waals surface area contributed by atoms with Crippen molar-refractivity contribution in [3.63, 3.8) is 0 Å². The van der Waals surface area contributed by atoms with E-state index in [1.54, 1.807) is 23.5 Å². The number of benzene rings is 1. The molecule has 1 aromatic heterocycles. The Morgan fingerprint density at radius 3 is 2.84 bits per heavy atom. The molecule has 1 heterocycles. The van der Waals surface area contributed by atoms with E-state index in [1.165, 1.54) is 7.11 Å². The van der Waals surface area contributed by atoms with Gasteiger partial charge in [0.1, 0.15) is 12.9 Å². The Kier molecular flexibility index (Phi) is 4.85. The molecule has 6 heteroatoms. The van der Waals surface area contributed by atoms with E-state index < -0.39 is 0 Å². The molecule has 0 aliphatic rings. The third-order valence-corrected chi connectivity index (χ3v) is 4.61. The van der Waals surface area contributed by atoms with Gasteiger partial charge >= 0.3 is 0 Å². The van der Waals surface area contributed by atoms with Crippen LogP contribution in [0.15, 0.2) is 28.1 Å². The molecule has 2 aromatic rings. The van der Waals surface area contributed by atoms with E-state index in [4.69, 9.17) is 21.1 Å². The maximum atomic E-state index is 10.8. The number of ether oxygens (including phenoxy) is 2. The van der Waals surface area contributed by atoms with E-state index in [1.807, 2.05) is 11.4 Å². The fraction of sp³-hybridized carbons (Fsp3) is 0.154. The van der Waals surface area contributed by atoms with Gasteiger partial charge in [-0.1, -0.05) is 11.6 Å². The molecule has 0 amide bonds. The maximum absolute atomic E-state index is 10.8. The highest BCUT2D eigenvalue weighted by Gasteiger charge is 2.13. The highest BCUT2D eigenvalue weighted by Crippen LogP contribution is 2.37. The van der Waals surface area contributed by atoms with Gasteiger partial charge in [-0.25, -0.2) is 0 Å². The van der Waals surface area contributed by atoms with Crippen molar-refractivity contribution in [2.75, 3.05) is 7.11 Å². The molecule has 0 unspecified atom stereocenters. The van der Waals surface area contributed by atoms with Gasteiger partial charge in [-0.15, -0.1) is 11.3 Å². The molecule has 3 nitrogen and oxygen atoms in total. The Morgan fingerprint density at radius 1 is 1.47 bits per heavy atom. The topological polar surface area (TPSA) is 35.5 Å². The normalized spacial score (nSPS) is 10.3. The Bertz CT molecular complexity index is 598. The lowest BCUT2D eigenvalue weighted by Crippen LogP contribution is -1.98. The molecular weight excluding hydrogens is 352 g/mol. The van der Waals surface area contributed by atoms with Gasteiger partial charge in [0.2, 0.25) is 0 Å². The first-order valence-corrected chi connectivity index (χ1v) is 7.38. The Balaban J connectivity index is 2.24. The van der Waals surface area contributed by atoms with Crippen molar-refractivity contribution in [2.45, 2.75) is 6.61 Å². The number of hydrogen-bond donors (Lipinski definition) is 0. The number of rotatable bonds is 5. The van der Waals surface area contributed by atoms with Gasteiger partial charge in [0.25, 0.3) is 0 Å². The first-order chi connectivity index (χ1) is 9.15. The van der Waals surface area contributed by atoms with E-state index in [9.17, 15) is 4.79 Å². The second kappa shape index (κ2) is 6.41. The molecule has 0 radical (unpaired) electrons. The Labute approximate surface area is 128 Å². The average molecular weight is 362 g/mol. The Morgan fingerprint density at radius 2 is 2.26 bits per heavy atom. The average Bonchev–Trinajstić information content (AvgIpc) is 2.82. The standard InChI is InChI=1S/C13H10BrClO3S/c1-17-11-5-8(6-16)4-10(15)13(11)18-7-12-9(14)2-3-19-12/h2-6H,7H2,1H3. The summed E-state index contributed by atoms with van der Waals surface area (Å²) in [5.74, 6) is 0.886. The summed E-state index contributed by atoms with van der Waals surface area (Å²) in [4.78, 5) is 11.8. The molecule has 0 N–H and O–H groups in total. The molecule has 0 fully saturated rings. The van der Waals surface area contributed by atoms with Crippen molar-refractivity contribution in [1.29, 1.82) is 0 Å². The maximum Gasteiger partial charge on any atom is 0.180 e. The van der Waals surface area contributed by atoms with Crippen molar-refractivity contribution in [2.24, 2.45) is 0 Å². The first kappa shape index (κ1) is 14.4. The van der Waals surface area contributed by atoms with Crippen LogP contribution in [0.3, 0.4) is 0 Å². The van der Waals surface area contributed by atoms with Crippen LogP contribution >= 0.6 is 38.9 Å². The monoisotopic (exact) mass is 360 g/mol. The summed E-state index contributed by atoms with van der Waals surface area (Å²) in [7, 11) is 1.51. The molecule has 0 spiro atoms. The lowest BCUT2D eigenvalue weighted by atomic mass is 10.2. The minimum Gasteiger partial charge on any atom is -0.493 e. The van der Waals surface area contributed by atoms with Gasteiger partial charge in [-0.05, 0) is 39.5 Å². The second-order valence-corrected chi connectivity index (χ2v) is 5.89. The van der Waals surface area contributed by atoms with Crippen molar-refractivity contribution >= 4 is 45.2 Å². The fourth-order valence-corrected chi connectivity index (χ4v) is 3.17. The van der Waals surface area contributed by atoms with Crippen LogP contribution in [0.2, 0.25) is 5.02 Å². The van der Waals surface area contributed by atoms with E-state index in [0.717, 1.165) is 9.35 Å². The lowest BCUT2D eigenvalue weighted by Gasteiger charge is -2.12. The van der Waals surface area contributed by atoms with Crippen molar-refractivity contribution in [3.05, 3.63) is 43.5 Å². The zero-order valence-electron chi connectivity index (χ0n) is 9.98. The van der Waals surface area contributed by atoms with Gasteiger partial charge < -0.3 is 9.47 Å². The molecule has 0 saturated carbocycles. The SMILES string of the molecule is COc1cc(C=O)cc(Cl)c1OCc1sccc1Br. The molecule has 0 atom stereocenters. The molecule has 0 aliphatic heterocycles. The van der Waals surface area contributed by atoms with Gasteiger partial charge in [0.15, 0.2) is 11.5 Å². The molecule has 0 bridgehead atoms. The van der Waals surface area contributed by atoms with Gasteiger partial charge in [0.05, 0.1) is 17.0 Å². The van der Waals surface area contributed by atoms with Crippen LogP contribution in [0.1, 0.15) is 15.2 Å². The van der Waals surface area contributed by atoms with Crippen LogP contribution in [0.5, 0.6) is 11.5 Å². The summed E-state index contributed by atoms with van der Waals surface area (Å²) in [5, 5.41) is 2.33. The molecule has 1 aromatic carbocycles. The first-order valence-electron chi connectivity index (χ1n) is 5.33. The molecule has 19 heavy (non-hydrogen) atoms. The summed E-state index contributed by atoms with van der Waals surface area (Å²) < 4.78 is 11.9. The van der Waals surface area contributed by atoms with E-state index >= 15 is 0 Å². The van der Waals surface area contributed by atoms with Crippen LogP contribution in [-0.4, -0.2) is 13.4 Å². The van der Waals surface area contributed by atoms with Crippen LogP contribution in [0.4, 0.5) is 0 Å². The third kappa shape index (κ3) is 3.29. The number of aldehydes is 1. The minimum absolute atomic E-state index is 0.356. The molecule has 0 saturated heterocycles. The minimum atomic E-state index is 0.356. The quantitative estimate of drug-likeness (QED) is 0.732. The fourth-order valence-electron chi connectivity index (χ4n) is 1.51. The van der Waals surface area contributed by atoms with E-state index in [-0.39, 0.29) is 0 Å². The predicted molar refractivity (Wildman–Crippen MR) is 79.7 cm³/mol. The molecule has 0 aliphatic carbocycles. The van der Waals surface area contributed by atoms with E-state index in [2.05, 4.69) is 15.9 Å². The number of carbonyl (C=O) groups excluding carboxylic acids is 1. The molecule has 100 valence electrons. The summed E-state index contributed by atoms with van der Waals surface area (Å²) >= 11 is 11.1. The predicted octanol–water partition coefficient (Wildman–Crippen LogP) is 4.56. The molecular formula is C13H10BrClO3S. The zero-order valence-corrected chi connectivity index (χ0v) is 13.1. The smallest absolute Gasteiger partial charge is 0.180 e. The highest BCUT2D eigenvalue weighted by molar-refractivity contribution is 9.10. The summed E-state index contributed by atoms with van der Waals surface area (Å²) in [6.07, 6.45) is 0.716. The largest absolute Gasteiger partial charge is 0.493 e. The number of hydrogen-bond acceptors (Lipinski definition) is 4. The number of carbonyl (C=O) groups is 1. The van der Waals surface area contributed by atoms with Crippen molar-refractivity contribution < 1.29 is 14.3 Å². The van der Waals surface area contributed by atoms with E-state index in [0.29, 0.717) is 35.0 Å². The number of methoxy groups -OCH3 is 1. The summed E-state index contributed by atoms with van der Waals surface area (Å²) in [6.45, 7) is 0.384. The van der Waals surface area contributed by atoms with Crippen molar-refractivity contribution in [3.8, 4) is 11.5 Å². The van der Waals surface area contributed by atoms with Gasteiger partial charge in [0, 0.05) is 10.0 Å². The second-order valence-electron chi connectivity index (χ2n) is 3.63. The van der Waals surface area contributed by atoms with Gasteiger partial charge in [-0.3, -0.25) is 4.79 Å². The van der Waals surface area contributed by atoms with Crippen LogP contribution < -0.4 is 9.47 Å². The molecule has 2 rings (SSSR count). The van der Waals surface area contributed by atoms with Crippen molar-refractivity contribution in [1.82, 2.24) is 0 Å². The lowest BCUT2D eigenvalue weighted by molar-refractivity contribution is 0.112. The highest BCUT2D eigenvalue weighted by atomic mass is 79.9. The number of halogens is 2. The van der Waals surface area contributed by atoms with Crippen LogP contribution in [-0.2, 0) is 6.61 Å². The summed E-state index contributed by atoms with van der Waals surface area (Å²) in [5.41, 5.74) is 0.450. The zero-order chi connectivity index (χ0) is 13.8. The number of thiophene rings is 1. The third-order valence-electron chi connectivity index (χ3n) is 2.43. The summed E-state index contributed by atoms with van der Waals surface area (Å²) in [6, 6.07) is 5.10.